The molecule has 13 heavy (non-hydrogen) atoms. The second-order valence-electron chi connectivity index (χ2n) is 3.88. The van der Waals surface area contributed by atoms with Gasteiger partial charge in [-0.15, -0.1) is 0 Å². The summed E-state index contributed by atoms with van der Waals surface area (Å²) < 4.78 is 5.50. The summed E-state index contributed by atoms with van der Waals surface area (Å²) in [4.78, 5) is 0. The van der Waals surface area contributed by atoms with Crippen molar-refractivity contribution in [2.75, 3.05) is 18.9 Å². The fourth-order valence-electron chi connectivity index (χ4n) is 1.49. The minimum atomic E-state index is 0.462. The van der Waals surface area contributed by atoms with Gasteiger partial charge in [0.15, 0.2) is 0 Å². The minimum Gasteiger partial charge on any atom is -0.377 e. The zero-order valence-electron chi connectivity index (χ0n) is 8.88. The molecule has 0 aliphatic carbocycles. The summed E-state index contributed by atoms with van der Waals surface area (Å²) in [6, 6.07) is 0.609. The van der Waals surface area contributed by atoms with Crippen LogP contribution in [0.15, 0.2) is 0 Å². The van der Waals surface area contributed by atoms with Crippen molar-refractivity contribution in [1.29, 1.82) is 0 Å². The Morgan fingerprint density at radius 1 is 1.54 bits per heavy atom. The van der Waals surface area contributed by atoms with E-state index >= 15 is 0 Å². The lowest BCUT2D eigenvalue weighted by atomic mass is 10.3. The summed E-state index contributed by atoms with van der Waals surface area (Å²) in [7, 11) is 0. The van der Waals surface area contributed by atoms with Crippen molar-refractivity contribution in [3.63, 3.8) is 0 Å². The number of hydrogen-bond acceptors (Lipinski definition) is 3. The zero-order chi connectivity index (χ0) is 9.68. The third-order valence-corrected chi connectivity index (χ3v) is 3.78. The Bertz CT molecular complexity index is 141. The second-order valence-corrected chi connectivity index (χ2v) is 5.23. The van der Waals surface area contributed by atoms with E-state index in [1.165, 1.54) is 12.2 Å². The molecule has 0 aromatic rings. The fraction of sp³-hybridized carbons (Fsp3) is 1.00. The molecule has 1 aliphatic rings. The topological polar surface area (TPSA) is 21.3 Å². The fourth-order valence-corrected chi connectivity index (χ4v) is 2.64. The average Bonchev–Trinajstić information content (AvgIpc) is 2.45. The predicted octanol–water partition coefficient (Wildman–Crippen LogP) is 1.90. The van der Waals surface area contributed by atoms with Crippen LogP contribution in [0.2, 0.25) is 0 Å². The van der Waals surface area contributed by atoms with Gasteiger partial charge in [-0.25, -0.2) is 0 Å². The largest absolute Gasteiger partial charge is 0.377 e. The molecule has 78 valence electrons. The van der Waals surface area contributed by atoms with E-state index in [4.69, 9.17) is 4.74 Å². The van der Waals surface area contributed by atoms with E-state index in [1.54, 1.807) is 0 Å². The summed E-state index contributed by atoms with van der Waals surface area (Å²) in [5.74, 6) is 1.20. The summed E-state index contributed by atoms with van der Waals surface area (Å²) in [6.45, 7) is 8.63. The van der Waals surface area contributed by atoms with Crippen molar-refractivity contribution in [2.45, 2.75) is 44.6 Å². The van der Waals surface area contributed by atoms with Crippen molar-refractivity contribution in [2.24, 2.45) is 0 Å². The molecule has 0 radical (unpaired) electrons. The van der Waals surface area contributed by atoms with E-state index in [0.29, 0.717) is 12.1 Å². The molecule has 1 rings (SSSR count). The molecule has 0 amide bonds. The van der Waals surface area contributed by atoms with Crippen LogP contribution in [0.4, 0.5) is 0 Å². The highest BCUT2D eigenvalue weighted by Gasteiger charge is 2.23. The highest BCUT2D eigenvalue weighted by Crippen LogP contribution is 2.25. The molecule has 2 atom stereocenters. The summed E-state index contributed by atoms with van der Waals surface area (Å²) in [5, 5.41) is 4.15. The molecule has 1 N–H and O–H groups in total. The maximum atomic E-state index is 5.50. The van der Waals surface area contributed by atoms with Crippen LogP contribution in [0.5, 0.6) is 0 Å². The van der Waals surface area contributed by atoms with Crippen LogP contribution in [-0.2, 0) is 4.74 Å². The third-order valence-electron chi connectivity index (χ3n) is 2.29. The zero-order valence-corrected chi connectivity index (χ0v) is 9.69. The van der Waals surface area contributed by atoms with Gasteiger partial charge < -0.3 is 10.1 Å². The standard InChI is InChI=1S/C10H21NOS/c1-8(2)11-5-7-13-10-4-6-12-9(10)3/h8-11H,4-7H2,1-3H3. The van der Waals surface area contributed by atoms with Gasteiger partial charge in [-0.05, 0) is 13.3 Å². The first-order valence-corrected chi connectivity index (χ1v) is 6.21. The Hall–Kier alpha value is 0.270. The molecule has 1 heterocycles. The Labute approximate surface area is 85.8 Å². The van der Waals surface area contributed by atoms with Crippen LogP contribution in [-0.4, -0.2) is 36.3 Å². The van der Waals surface area contributed by atoms with Crippen molar-refractivity contribution in [1.82, 2.24) is 5.32 Å². The Morgan fingerprint density at radius 3 is 2.85 bits per heavy atom. The van der Waals surface area contributed by atoms with Gasteiger partial charge in [0.1, 0.15) is 0 Å². The molecule has 1 fully saturated rings. The molecular weight excluding hydrogens is 182 g/mol. The van der Waals surface area contributed by atoms with Gasteiger partial charge in [0, 0.05) is 30.2 Å². The van der Waals surface area contributed by atoms with Crippen molar-refractivity contribution in [3.05, 3.63) is 0 Å². The molecule has 0 spiro atoms. The van der Waals surface area contributed by atoms with Crippen molar-refractivity contribution >= 4 is 11.8 Å². The van der Waals surface area contributed by atoms with E-state index in [-0.39, 0.29) is 0 Å². The molecule has 1 aliphatic heterocycles. The Morgan fingerprint density at radius 2 is 2.31 bits per heavy atom. The monoisotopic (exact) mass is 203 g/mol. The van der Waals surface area contributed by atoms with E-state index < -0.39 is 0 Å². The normalized spacial score (nSPS) is 28.6. The molecule has 0 aromatic heterocycles. The molecule has 0 bridgehead atoms. The van der Waals surface area contributed by atoms with E-state index in [1.807, 2.05) is 11.8 Å². The lowest BCUT2D eigenvalue weighted by molar-refractivity contribution is 0.127. The molecule has 2 nitrogen and oxygen atoms in total. The molecule has 2 unspecified atom stereocenters. The van der Waals surface area contributed by atoms with Crippen LogP contribution in [0, 0.1) is 0 Å². The number of rotatable bonds is 5. The maximum Gasteiger partial charge on any atom is 0.0666 e. The quantitative estimate of drug-likeness (QED) is 0.690. The number of hydrogen-bond donors (Lipinski definition) is 1. The van der Waals surface area contributed by atoms with Gasteiger partial charge in [0.2, 0.25) is 0 Å². The van der Waals surface area contributed by atoms with E-state index in [0.717, 1.165) is 18.4 Å². The van der Waals surface area contributed by atoms with Crippen LogP contribution in [0.25, 0.3) is 0 Å². The first kappa shape index (κ1) is 11.3. The summed E-state index contributed by atoms with van der Waals surface area (Å²) in [5.41, 5.74) is 0. The van der Waals surface area contributed by atoms with Gasteiger partial charge in [-0.1, -0.05) is 13.8 Å². The van der Waals surface area contributed by atoms with Crippen LogP contribution in [0.3, 0.4) is 0 Å². The average molecular weight is 203 g/mol. The summed E-state index contributed by atoms with van der Waals surface area (Å²) >= 11 is 2.05. The SMILES string of the molecule is CC(C)NCCSC1CCOC1C. The van der Waals surface area contributed by atoms with Crippen LogP contribution >= 0.6 is 11.8 Å². The highest BCUT2D eigenvalue weighted by atomic mass is 32.2. The lowest BCUT2D eigenvalue weighted by Crippen LogP contribution is -2.26. The maximum absolute atomic E-state index is 5.50. The number of nitrogens with one attached hydrogen (secondary N) is 1. The minimum absolute atomic E-state index is 0.462. The molecule has 0 aromatic carbocycles. The van der Waals surface area contributed by atoms with Gasteiger partial charge in [0.25, 0.3) is 0 Å². The van der Waals surface area contributed by atoms with Gasteiger partial charge >= 0.3 is 0 Å². The smallest absolute Gasteiger partial charge is 0.0666 e. The Kier molecular flexibility index (Phi) is 5.14. The number of ether oxygens (including phenoxy) is 1. The van der Waals surface area contributed by atoms with Gasteiger partial charge in [-0.2, -0.15) is 11.8 Å². The molecule has 3 heteroatoms. The molecule has 1 saturated heterocycles. The molecule has 0 saturated carbocycles. The van der Waals surface area contributed by atoms with Gasteiger partial charge in [-0.3, -0.25) is 0 Å². The molecular formula is C10H21NOS. The van der Waals surface area contributed by atoms with Crippen molar-refractivity contribution in [3.8, 4) is 0 Å². The van der Waals surface area contributed by atoms with Crippen molar-refractivity contribution < 1.29 is 4.74 Å². The van der Waals surface area contributed by atoms with Crippen LogP contribution < -0.4 is 5.32 Å². The van der Waals surface area contributed by atoms with E-state index in [9.17, 15) is 0 Å². The van der Waals surface area contributed by atoms with Gasteiger partial charge in [0.05, 0.1) is 6.10 Å². The summed E-state index contributed by atoms with van der Waals surface area (Å²) in [6.07, 6.45) is 1.69. The first-order valence-electron chi connectivity index (χ1n) is 5.16. The van der Waals surface area contributed by atoms with E-state index in [2.05, 4.69) is 26.1 Å². The lowest BCUT2D eigenvalue weighted by Gasteiger charge is -2.14. The second kappa shape index (κ2) is 5.89. The predicted molar refractivity (Wildman–Crippen MR) is 59.4 cm³/mol. The number of thioether (sulfide) groups is 1. The van der Waals surface area contributed by atoms with Crippen LogP contribution in [0.1, 0.15) is 27.2 Å². The first-order chi connectivity index (χ1) is 6.20. The highest BCUT2D eigenvalue weighted by molar-refractivity contribution is 8.00. The third kappa shape index (κ3) is 4.34. The Balaban J connectivity index is 1.99.